The molecule has 5 heteroatoms. The van der Waals surface area contributed by atoms with E-state index in [1.807, 2.05) is 0 Å². The molecule has 1 rings (SSSR count). The first-order chi connectivity index (χ1) is 7.44. The average Bonchev–Trinajstić information content (AvgIpc) is 2.15. The second-order valence-electron chi connectivity index (χ2n) is 4.98. The van der Waals surface area contributed by atoms with Crippen LogP contribution in [0, 0.1) is 5.92 Å². The number of aliphatic hydroxyl groups excluding tert-OH is 1. The minimum Gasteiger partial charge on any atom is -0.396 e. The maximum Gasteiger partial charge on any atom is 0.151 e. The summed E-state index contributed by atoms with van der Waals surface area (Å²) in [6.07, 6.45) is 2.37. The Kier molecular flexibility index (Phi) is 5.21. The largest absolute Gasteiger partial charge is 0.396 e. The summed E-state index contributed by atoms with van der Waals surface area (Å²) in [4.78, 5) is 0. The second kappa shape index (κ2) is 5.98. The molecule has 0 bridgehead atoms. The molecule has 0 saturated carbocycles. The molecule has 1 saturated heterocycles. The summed E-state index contributed by atoms with van der Waals surface area (Å²) >= 11 is 0. The summed E-state index contributed by atoms with van der Waals surface area (Å²) in [5.74, 6) is 0.996. The fourth-order valence-electron chi connectivity index (χ4n) is 2.21. The summed E-state index contributed by atoms with van der Waals surface area (Å²) in [6, 6.07) is 0.279. The van der Waals surface area contributed by atoms with Crippen molar-refractivity contribution >= 4 is 9.84 Å². The van der Waals surface area contributed by atoms with Crippen LogP contribution in [0.2, 0.25) is 0 Å². The SMILES string of the molecule is CC(C)C(CCO)NC1CCCS(=O)(=O)C1. The van der Waals surface area contributed by atoms with Crippen LogP contribution in [-0.2, 0) is 9.84 Å². The molecule has 0 amide bonds. The number of hydrogen-bond donors (Lipinski definition) is 2. The van der Waals surface area contributed by atoms with E-state index >= 15 is 0 Å². The van der Waals surface area contributed by atoms with E-state index in [0.29, 0.717) is 18.1 Å². The van der Waals surface area contributed by atoms with Crippen LogP contribution in [-0.4, -0.2) is 43.7 Å². The van der Waals surface area contributed by atoms with Gasteiger partial charge in [0.25, 0.3) is 0 Å². The first kappa shape index (κ1) is 13.9. The van der Waals surface area contributed by atoms with E-state index in [1.54, 1.807) is 0 Å². The Labute approximate surface area is 98.4 Å². The van der Waals surface area contributed by atoms with Crippen molar-refractivity contribution in [1.29, 1.82) is 0 Å². The molecule has 0 aliphatic carbocycles. The Morgan fingerprint density at radius 1 is 1.44 bits per heavy atom. The molecule has 2 N–H and O–H groups in total. The number of nitrogens with one attached hydrogen (secondary N) is 1. The Balaban J connectivity index is 2.51. The molecule has 96 valence electrons. The maximum atomic E-state index is 11.5. The van der Waals surface area contributed by atoms with Gasteiger partial charge in [-0.25, -0.2) is 8.42 Å². The summed E-state index contributed by atoms with van der Waals surface area (Å²) in [6.45, 7) is 4.32. The third-order valence-corrected chi connectivity index (χ3v) is 4.98. The molecule has 0 radical (unpaired) electrons. The minimum absolute atomic E-state index is 0.0673. The van der Waals surface area contributed by atoms with Gasteiger partial charge in [0, 0.05) is 18.7 Å². The van der Waals surface area contributed by atoms with E-state index in [2.05, 4.69) is 19.2 Å². The number of hydrogen-bond acceptors (Lipinski definition) is 4. The fourth-order valence-corrected chi connectivity index (χ4v) is 3.85. The summed E-state index contributed by atoms with van der Waals surface area (Å²) in [5.41, 5.74) is 0. The van der Waals surface area contributed by atoms with E-state index in [4.69, 9.17) is 5.11 Å². The van der Waals surface area contributed by atoms with Crippen LogP contribution in [0.3, 0.4) is 0 Å². The number of aliphatic hydroxyl groups is 1. The monoisotopic (exact) mass is 249 g/mol. The molecule has 0 spiro atoms. The van der Waals surface area contributed by atoms with E-state index in [0.717, 1.165) is 12.8 Å². The minimum atomic E-state index is -2.84. The van der Waals surface area contributed by atoms with Crippen LogP contribution in [0.25, 0.3) is 0 Å². The molecule has 1 aliphatic rings. The highest BCUT2D eigenvalue weighted by Crippen LogP contribution is 2.15. The zero-order valence-electron chi connectivity index (χ0n) is 10.1. The summed E-state index contributed by atoms with van der Waals surface area (Å²) < 4.78 is 23.0. The van der Waals surface area contributed by atoms with Crippen molar-refractivity contribution in [2.45, 2.75) is 45.2 Å². The molecule has 4 nitrogen and oxygen atoms in total. The Bertz CT molecular complexity index is 300. The first-order valence-corrected chi connectivity index (χ1v) is 7.84. The van der Waals surface area contributed by atoms with Gasteiger partial charge in [-0.2, -0.15) is 0 Å². The highest BCUT2D eigenvalue weighted by atomic mass is 32.2. The van der Waals surface area contributed by atoms with Crippen molar-refractivity contribution in [3.05, 3.63) is 0 Å². The second-order valence-corrected chi connectivity index (χ2v) is 7.21. The van der Waals surface area contributed by atoms with Crippen LogP contribution in [0.15, 0.2) is 0 Å². The number of sulfone groups is 1. The van der Waals surface area contributed by atoms with Crippen LogP contribution >= 0.6 is 0 Å². The molecule has 0 aromatic rings. The van der Waals surface area contributed by atoms with Gasteiger partial charge >= 0.3 is 0 Å². The standard InChI is InChI=1S/C11H23NO3S/c1-9(2)11(5-6-13)12-10-4-3-7-16(14,15)8-10/h9-13H,3-8H2,1-2H3. The molecule has 1 fully saturated rings. The van der Waals surface area contributed by atoms with Crippen molar-refractivity contribution < 1.29 is 13.5 Å². The molecule has 1 heterocycles. The molecule has 0 aromatic carbocycles. The lowest BCUT2D eigenvalue weighted by atomic mass is 9.99. The van der Waals surface area contributed by atoms with Gasteiger partial charge in [0.15, 0.2) is 9.84 Å². The Morgan fingerprint density at radius 2 is 2.12 bits per heavy atom. The average molecular weight is 249 g/mol. The maximum absolute atomic E-state index is 11.5. The Morgan fingerprint density at radius 3 is 2.62 bits per heavy atom. The zero-order valence-corrected chi connectivity index (χ0v) is 11.0. The van der Waals surface area contributed by atoms with E-state index in [9.17, 15) is 8.42 Å². The van der Waals surface area contributed by atoms with Crippen LogP contribution in [0.4, 0.5) is 0 Å². The van der Waals surface area contributed by atoms with Gasteiger partial charge in [0.1, 0.15) is 0 Å². The lowest BCUT2D eigenvalue weighted by Gasteiger charge is -2.30. The van der Waals surface area contributed by atoms with Gasteiger partial charge in [-0.15, -0.1) is 0 Å². The molecule has 1 aliphatic heterocycles. The summed E-state index contributed by atoms with van der Waals surface area (Å²) in [5, 5.41) is 12.3. The van der Waals surface area contributed by atoms with Gasteiger partial charge in [0.05, 0.1) is 11.5 Å². The molecule has 0 aromatic heterocycles. The van der Waals surface area contributed by atoms with Crippen molar-refractivity contribution in [2.75, 3.05) is 18.1 Å². The van der Waals surface area contributed by atoms with E-state index < -0.39 is 9.84 Å². The van der Waals surface area contributed by atoms with Crippen molar-refractivity contribution in [2.24, 2.45) is 5.92 Å². The van der Waals surface area contributed by atoms with Gasteiger partial charge < -0.3 is 10.4 Å². The van der Waals surface area contributed by atoms with Crippen LogP contribution in [0.1, 0.15) is 33.1 Å². The van der Waals surface area contributed by atoms with Gasteiger partial charge in [0.2, 0.25) is 0 Å². The first-order valence-electron chi connectivity index (χ1n) is 6.02. The van der Waals surface area contributed by atoms with Crippen LogP contribution in [0.5, 0.6) is 0 Å². The van der Waals surface area contributed by atoms with E-state index in [1.165, 1.54) is 0 Å². The summed E-state index contributed by atoms with van der Waals surface area (Å²) in [7, 11) is -2.84. The number of rotatable bonds is 5. The lowest BCUT2D eigenvalue weighted by molar-refractivity contribution is 0.234. The normalized spacial score (nSPS) is 26.9. The molecule has 2 unspecified atom stereocenters. The predicted molar refractivity (Wildman–Crippen MR) is 65.1 cm³/mol. The van der Waals surface area contributed by atoms with Gasteiger partial charge in [-0.3, -0.25) is 0 Å². The molecular weight excluding hydrogens is 226 g/mol. The molecule has 2 atom stereocenters. The van der Waals surface area contributed by atoms with E-state index in [-0.39, 0.29) is 24.4 Å². The van der Waals surface area contributed by atoms with Crippen LogP contribution < -0.4 is 5.32 Å². The molecule has 16 heavy (non-hydrogen) atoms. The Hall–Kier alpha value is -0.130. The van der Waals surface area contributed by atoms with Gasteiger partial charge in [-0.05, 0) is 25.2 Å². The third kappa shape index (κ3) is 4.39. The fraction of sp³-hybridized carbons (Fsp3) is 1.00. The highest BCUT2D eigenvalue weighted by Gasteiger charge is 2.27. The topological polar surface area (TPSA) is 66.4 Å². The quantitative estimate of drug-likeness (QED) is 0.747. The van der Waals surface area contributed by atoms with Crippen molar-refractivity contribution in [1.82, 2.24) is 5.32 Å². The van der Waals surface area contributed by atoms with Crippen molar-refractivity contribution in [3.63, 3.8) is 0 Å². The smallest absolute Gasteiger partial charge is 0.151 e. The molecular formula is C11H23NO3S. The third-order valence-electron chi connectivity index (χ3n) is 3.16. The predicted octanol–water partition coefficient (Wildman–Crippen LogP) is 0.560. The lowest BCUT2D eigenvalue weighted by Crippen LogP contribution is -2.47. The van der Waals surface area contributed by atoms with Crippen molar-refractivity contribution in [3.8, 4) is 0 Å². The zero-order chi connectivity index (χ0) is 12.2. The highest BCUT2D eigenvalue weighted by molar-refractivity contribution is 7.91. The van der Waals surface area contributed by atoms with Gasteiger partial charge in [-0.1, -0.05) is 13.8 Å².